The fraction of sp³-hybridized carbons (Fsp3) is 0.435. The zero-order chi connectivity index (χ0) is 25.0. The summed E-state index contributed by atoms with van der Waals surface area (Å²) in [6.45, 7) is 5.03. The van der Waals surface area contributed by atoms with Crippen molar-refractivity contribution in [2.75, 3.05) is 25.4 Å². The van der Waals surface area contributed by atoms with Crippen molar-refractivity contribution in [2.45, 2.75) is 38.9 Å². The number of ether oxygens (including phenoxy) is 1. The number of halogens is 3. The molecule has 0 aromatic heterocycles. The van der Waals surface area contributed by atoms with Crippen LogP contribution in [0.3, 0.4) is 0 Å². The second-order valence-electron chi connectivity index (χ2n) is 8.50. The lowest BCUT2D eigenvalue weighted by Gasteiger charge is -2.44. The van der Waals surface area contributed by atoms with Crippen LogP contribution in [-0.4, -0.2) is 66.2 Å². The Kier molecular flexibility index (Phi) is 8.51. The van der Waals surface area contributed by atoms with E-state index >= 15 is 0 Å². The molecule has 2 atom stereocenters. The van der Waals surface area contributed by atoms with Crippen molar-refractivity contribution in [3.05, 3.63) is 64.2 Å². The monoisotopic (exact) mass is 516 g/mol. The summed E-state index contributed by atoms with van der Waals surface area (Å²) in [5, 5.41) is 0.378. The number of aryl methyl sites for hydroxylation is 1. The third kappa shape index (κ3) is 7.11. The summed E-state index contributed by atoms with van der Waals surface area (Å²) in [5.41, 5.74) is 1.12. The summed E-state index contributed by atoms with van der Waals surface area (Å²) in [5.74, 6) is -2.18. The van der Waals surface area contributed by atoms with Crippen LogP contribution >= 0.6 is 11.6 Å². The lowest BCUT2D eigenvalue weighted by atomic mass is 10.1. The van der Waals surface area contributed by atoms with Gasteiger partial charge in [-0.2, -0.15) is 8.42 Å². The van der Waals surface area contributed by atoms with Gasteiger partial charge in [0.05, 0.1) is 5.75 Å². The molecule has 1 fully saturated rings. The van der Waals surface area contributed by atoms with Gasteiger partial charge in [-0.25, -0.2) is 8.78 Å². The van der Waals surface area contributed by atoms with Gasteiger partial charge in [-0.15, -0.1) is 0 Å². The topological polar surface area (TPSA) is 87.2 Å². The van der Waals surface area contributed by atoms with Gasteiger partial charge in [0, 0.05) is 36.7 Å². The minimum atomic E-state index is -4.16. The maximum Gasteiger partial charge on any atom is 0.265 e. The smallest absolute Gasteiger partial charge is 0.265 e. The number of rotatable bonds is 8. The molecule has 0 saturated carbocycles. The minimum absolute atomic E-state index is 0.0149. The van der Waals surface area contributed by atoms with Gasteiger partial charge in [0.15, 0.2) is 18.2 Å². The van der Waals surface area contributed by atoms with Crippen LogP contribution in [0.2, 0.25) is 5.02 Å². The van der Waals surface area contributed by atoms with Crippen molar-refractivity contribution in [3.8, 4) is 5.75 Å². The van der Waals surface area contributed by atoms with Gasteiger partial charge in [-0.3, -0.25) is 14.2 Å². The van der Waals surface area contributed by atoms with Crippen LogP contribution in [0.1, 0.15) is 25.0 Å². The van der Waals surface area contributed by atoms with Crippen LogP contribution in [0.15, 0.2) is 36.4 Å². The Hall–Kier alpha value is -2.27. The van der Waals surface area contributed by atoms with E-state index in [1.165, 1.54) is 12.1 Å². The van der Waals surface area contributed by atoms with E-state index in [1.54, 1.807) is 23.1 Å². The van der Waals surface area contributed by atoms with Crippen LogP contribution in [0.5, 0.6) is 5.75 Å². The molecule has 7 nitrogen and oxygen atoms in total. The van der Waals surface area contributed by atoms with Crippen molar-refractivity contribution in [1.82, 2.24) is 9.80 Å². The summed E-state index contributed by atoms with van der Waals surface area (Å²) in [6.07, 6.45) is -0.0149. The number of piperazine rings is 1. The first-order chi connectivity index (χ1) is 15.9. The maximum atomic E-state index is 13.5. The number of carbonyl (C=O) groups excluding carboxylic acids is 1. The van der Waals surface area contributed by atoms with E-state index in [4.69, 9.17) is 20.9 Å². The third-order valence-corrected chi connectivity index (χ3v) is 6.76. The van der Waals surface area contributed by atoms with Gasteiger partial charge < -0.3 is 9.64 Å². The standard InChI is InChI=1S/C23H27ClF2N2O5S/c1-15-12-28(16(2)11-27(15)13-17-3-5-20(25)21(26)9-17)23(29)14-33-22-6-4-19(24)10-18(22)7-8-34(30,31)32/h3-6,9-10,15-16H,7-8,11-14H2,1-2H3,(H,30,31,32)/t15-,16+/m0/s1. The van der Waals surface area contributed by atoms with Gasteiger partial charge in [-0.1, -0.05) is 17.7 Å². The molecule has 2 aromatic carbocycles. The van der Waals surface area contributed by atoms with Gasteiger partial charge >= 0.3 is 0 Å². The molecule has 3 rings (SSSR count). The Morgan fingerprint density at radius 2 is 1.85 bits per heavy atom. The Bertz CT molecular complexity index is 1150. The molecule has 1 saturated heterocycles. The van der Waals surface area contributed by atoms with Crippen LogP contribution in [0.25, 0.3) is 0 Å². The van der Waals surface area contributed by atoms with E-state index in [0.717, 1.165) is 6.07 Å². The molecule has 0 bridgehead atoms. The van der Waals surface area contributed by atoms with Crippen LogP contribution in [-0.2, 0) is 27.9 Å². The SMILES string of the molecule is C[C@@H]1CN(Cc2ccc(F)c(F)c2)[C@@H](C)CN1C(=O)COc1ccc(Cl)cc1CCS(=O)(=O)O. The quantitative estimate of drug-likeness (QED) is 0.540. The molecule has 1 aliphatic rings. The lowest BCUT2D eigenvalue weighted by molar-refractivity contribution is -0.139. The molecule has 1 aliphatic heterocycles. The van der Waals surface area contributed by atoms with Crippen molar-refractivity contribution < 1.29 is 31.3 Å². The Balaban J connectivity index is 1.60. The second-order valence-corrected chi connectivity index (χ2v) is 10.5. The number of nitrogens with zero attached hydrogens (tertiary/aromatic N) is 2. The molecule has 0 spiro atoms. The highest BCUT2D eigenvalue weighted by molar-refractivity contribution is 7.85. The summed E-state index contributed by atoms with van der Waals surface area (Å²) in [4.78, 5) is 16.7. The van der Waals surface area contributed by atoms with Crippen LogP contribution < -0.4 is 4.74 Å². The van der Waals surface area contributed by atoms with Crippen molar-refractivity contribution in [1.29, 1.82) is 0 Å². The van der Waals surface area contributed by atoms with E-state index in [0.29, 0.717) is 41.5 Å². The van der Waals surface area contributed by atoms with Crippen LogP contribution in [0, 0.1) is 11.6 Å². The Morgan fingerprint density at radius 3 is 2.53 bits per heavy atom. The third-order valence-electron chi connectivity index (χ3n) is 5.81. The molecule has 1 heterocycles. The molecular formula is C23H27ClF2N2O5S. The molecule has 34 heavy (non-hydrogen) atoms. The zero-order valence-corrected chi connectivity index (χ0v) is 20.5. The number of amides is 1. The predicted octanol–water partition coefficient (Wildman–Crippen LogP) is 3.55. The van der Waals surface area contributed by atoms with Gasteiger partial charge in [0.2, 0.25) is 0 Å². The average molecular weight is 517 g/mol. The van der Waals surface area contributed by atoms with E-state index in [9.17, 15) is 22.0 Å². The Morgan fingerprint density at radius 1 is 1.12 bits per heavy atom. The highest BCUT2D eigenvalue weighted by Gasteiger charge is 2.32. The number of hydrogen-bond acceptors (Lipinski definition) is 5. The molecule has 0 unspecified atom stereocenters. The van der Waals surface area contributed by atoms with Crippen molar-refractivity contribution >= 4 is 27.6 Å². The van der Waals surface area contributed by atoms with Crippen molar-refractivity contribution in [2.24, 2.45) is 0 Å². The molecule has 1 N–H and O–H groups in total. The molecule has 2 aromatic rings. The summed E-state index contributed by atoms with van der Waals surface area (Å²) in [6, 6.07) is 8.35. The average Bonchev–Trinajstić information content (AvgIpc) is 2.75. The molecule has 0 radical (unpaired) electrons. The number of hydrogen-bond donors (Lipinski definition) is 1. The zero-order valence-electron chi connectivity index (χ0n) is 18.9. The van der Waals surface area contributed by atoms with E-state index in [-0.39, 0.29) is 31.0 Å². The summed E-state index contributed by atoms with van der Waals surface area (Å²) in [7, 11) is -4.16. The molecule has 0 aliphatic carbocycles. The van der Waals surface area contributed by atoms with Gasteiger partial charge in [0.1, 0.15) is 5.75 Å². The molecular weight excluding hydrogens is 490 g/mol. The van der Waals surface area contributed by atoms with E-state index in [1.807, 2.05) is 13.8 Å². The first-order valence-corrected chi connectivity index (χ1v) is 12.8. The van der Waals surface area contributed by atoms with E-state index < -0.39 is 27.5 Å². The summed E-state index contributed by atoms with van der Waals surface area (Å²) < 4.78 is 63.6. The fourth-order valence-corrected chi connectivity index (χ4v) is 4.66. The highest BCUT2D eigenvalue weighted by atomic mass is 35.5. The fourth-order valence-electron chi connectivity index (χ4n) is 3.98. The Labute approximate surface area is 203 Å². The number of benzene rings is 2. The lowest BCUT2D eigenvalue weighted by Crippen LogP contribution is -2.58. The molecule has 186 valence electrons. The molecule has 11 heteroatoms. The minimum Gasteiger partial charge on any atom is -0.483 e. The number of carbonyl (C=O) groups is 1. The predicted molar refractivity (Wildman–Crippen MR) is 124 cm³/mol. The largest absolute Gasteiger partial charge is 0.483 e. The van der Waals surface area contributed by atoms with E-state index in [2.05, 4.69) is 4.90 Å². The first kappa shape index (κ1) is 26.3. The normalized spacial score (nSPS) is 19.3. The highest BCUT2D eigenvalue weighted by Crippen LogP contribution is 2.25. The summed E-state index contributed by atoms with van der Waals surface area (Å²) >= 11 is 5.99. The second kappa shape index (κ2) is 11.0. The first-order valence-electron chi connectivity index (χ1n) is 10.8. The van der Waals surface area contributed by atoms with Gasteiger partial charge in [-0.05, 0) is 61.7 Å². The van der Waals surface area contributed by atoms with Crippen LogP contribution in [0.4, 0.5) is 8.78 Å². The van der Waals surface area contributed by atoms with Crippen molar-refractivity contribution in [3.63, 3.8) is 0 Å². The maximum absolute atomic E-state index is 13.5. The van der Waals surface area contributed by atoms with Gasteiger partial charge in [0.25, 0.3) is 16.0 Å². The molecule has 1 amide bonds.